The maximum absolute atomic E-state index is 12.3. The third kappa shape index (κ3) is 4.22. The highest BCUT2D eigenvalue weighted by molar-refractivity contribution is 9.10. The van der Waals surface area contributed by atoms with E-state index in [2.05, 4.69) is 26.0 Å². The summed E-state index contributed by atoms with van der Waals surface area (Å²) in [7, 11) is 1.75. The molecule has 2 aromatic rings. The first-order chi connectivity index (χ1) is 9.90. The normalized spacial score (nSPS) is 13.0. The molecule has 0 aromatic heterocycles. The van der Waals surface area contributed by atoms with Crippen LogP contribution in [0.1, 0.15) is 17.2 Å². The van der Waals surface area contributed by atoms with E-state index in [-0.39, 0.29) is 11.8 Å². The Hall–Kier alpha value is -1.53. The molecule has 0 aliphatic rings. The Bertz CT molecular complexity index is 616. The van der Waals surface area contributed by atoms with Crippen LogP contribution in [0.4, 0.5) is 13.2 Å². The van der Waals surface area contributed by atoms with E-state index in [1.807, 2.05) is 24.3 Å². The number of halogens is 4. The summed E-state index contributed by atoms with van der Waals surface area (Å²) < 4.78 is 41.7. The first-order valence-electron chi connectivity index (χ1n) is 6.18. The summed E-state index contributed by atoms with van der Waals surface area (Å²) in [4.78, 5) is 0. The standard InChI is InChI=1S/C15H13BrF3NO/c1-20-14(12-7-2-3-8-13(12)16)10-5-4-6-11(9-10)21-15(17,18)19/h2-9,14,20H,1H3. The van der Waals surface area contributed by atoms with Gasteiger partial charge in [-0.3, -0.25) is 0 Å². The monoisotopic (exact) mass is 359 g/mol. The lowest BCUT2D eigenvalue weighted by atomic mass is 9.99. The van der Waals surface area contributed by atoms with Crippen LogP contribution in [0, 0.1) is 0 Å². The molecule has 21 heavy (non-hydrogen) atoms. The number of nitrogens with one attached hydrogen (secondary N) is 1. The lowest BCUT2D eigenvalue weighted by Crippen LogP contribution is -2.20. The highest BCUT2D eigenvalue weighted by Crippen LogP contribution is 2.31. The fraction of sp³-hybridized carbons (Fsp3) is 0.200. The summed E-state index contributed by atoms with van der Waals surface area (Å²) >= 11 is 3.45. The third-order valence-electron chi connectivity index (χ3n) is 2.93. The Morgan fingerprint density at radius 1 is 1.10 bits per heavy atom. The van der Waals surface area contributed by atoms with Crippen LogP contribution < -0.4 is 10.1 Å². The van der Waals surface area contributed by atoms with Gasteiger partial charge in [-0.15, -0.1) is 13.2 Å². The van der Waals surface area contributed by atoms with E-state index in [9.17, 15) is 13.2 Å². The highest BCUT2D eigenvalue weighted by Gasteiger charge is 2.31. The molecule has 2 nitrogen and oxygen atoms in total. The van der Waals surface area contributed by atoms with Gasteiger partial charge in [0.25, 0.3) is 0 Å². The molecule has 1 unspecified atom stereocenters. The Morgan fingerprint density at radius 2 is 1.81 bits per heavy atom. The predicted octanol–water partition coefficient (Wildman–Crippen LogP) is 4.66. The van der Waals surface area contributed by atoms with Crippen LogP contribution in [-0.4, -0.2) is 13.4 Å². The van der Waals surface area contributed by atoms with Gasteiger partial charge in [-0.25, -0.2) is 0 Å². The van der Waals surface area contributed by atoms with Crippen molar-refractivity contribution < 1.29 is 17.9 Å². The van der Waals surface area contributed by atoms with Crippen LogP contribution >= 0.6 is 15.9 Å². The van der Waals surface area contributed by atoms with Crippen molar-refractivity contribution in [2.45, 2.75) is 12.4 Å². The van der Waals surface area contributed by atoms with Crippen molar-refractivity contribution in [1.82, 2.24) is 5.32 Å². The van der Waals surface area contributed by atoms with Gasteiger partial charge in [0, 0.05) is 4.47 Å². The summed E-state index contributed by atoms with van der Waals surface area (Å²) in [6, 6.07) is 13.3. The number of hydrogen-bond donors (Lipinski definition) is 1. The Labute approximate surface area is 129 Å². The molecule has 0 bridgehead atoms. The van der Waals surface area contributed by atoms with E-state index < -0.39 is 6.36 Å². The second-order valence-corrected chi connectivity index (χ2v) is 5.22. The van der Waals surface area contributed by atoms with Gasteiger partial charge in [0.15, 0.2) is 0 Å². The van der Waals surface area contributed by atoms with Crippen LogP contribution in [0.2, 0.25) is 0 Å². The molecule has 0 aliphatic heterocycles. The molecule has 0 amide bonds. The zero-order chi connectivity index (χ0) is 15.5. The van der Waals surface area contributed by atoms with Crippen LogP contribution in [0.3, 0.4) is 0 Å². The average Bonchev–Trinajstić information content (AvgIpc) is 2.40. The molecule has 0 fully saturated rings. The number of ether oxygens (including phenoxy) is 1. The van der Waals surface area contributed by atoms with E-state index in [0.717, 1.165) is 10.0 Å². The van der Waals surface area contributed by atoms with Gasteiger partial charge in [0.1, 0.15) is 5.75 Å². The minimum absolute atomic E-state index is 0.229. The largest absolute Gasteiger partial charge is 0.573 e. The molecular formula is C15H13BrF3NO. The lowest BCUT2D eigenvalue weighted by molar-refractivity contribution is -0.274. The first-order valence-corrected chi connectivity index (χ1v) is 6.97. The van der Waals surface area contributed by atoms with Crippen molar-refractivity contribution in [3.63, 3.8) is 0 Å². The van der Waals surface area contributed by atoms with Crippen molar-refractivity contribution >= 4 is 15.9 Å². The number of benzene rings is 2. The van der Waals surface area contributed by atoms with Crippen molar-refractivity contribution in [2.24, 2.45) is 0 Å². The van der Waals surface area contributed by atoms with Crippen LogP contribution in [0.25, 0.3) is 0 Å². The maximum Gasteiger partial charge on any atom is 0.573 e. The first kappa shape index (κ1) is 15.9. The van der Waals surface area contributed by atoms with Gasteiger partial charge in [-0.05, 0) is 36.4 Å². The van der Waals surface area contributed by atoms with Gasteiger partial charge >= 0.3 is 6.36 Å². The van der Waals surface area contributed by atoms with Gasteiger partial charge in [0.05, 0.1) is 6.04 Å². The second kappa shape index (κ2) is 6.49. The molecule has 2 rings (SSSR count). The Balaban J connectivity index is 2.35. The van der Waals surface area contributed by atoms with Gasteiger partial charge in [-0.1, -0.05) is 46.3 Å². The van der Waals surface area contributed by atoms with E-state index in [1.54, 1.807) is 13.1 Å². The van der Waals surface area contributed by atoms with Crippen LogP contribution in [0.15, 0.2) is 53.0 Å². The number of hydrogen-bond acceptors (Lipinski definition) is 2. The third-order valence-corrected chi connectivity index (χ3v) is 3.65. The zero-order valence-corrected chi connectivity index (χ0v) is 12.7. The van der Waals surface area contributed by atoms with Crippen LogP contribution in [0.5, 0.6) is 5.75 Å². The minimum Gasteiger partial charge on any atom is -0.406 e. The fourth-order valence-electron chi connectivity index (χ4n) is 2.10. The summed E-state index contributed by atoms with van der Waals surface area (Å²) in [5.41, 5.74) is 1.62. The minimum atomic E-state index is -4.69. The van der Waals surface area contributed by atoms with E-state index in [4.69, 9.17) is 0 Å². The Kier molecular flexibility index (Phi) is 4.90. The van der Waals surface area contributed by atoms with Gasteiger partial charge in [0.2, 0.25) is 0 Å². The molecule has 0 spiro atoms. The maximum atomic E-state index is 12.3. The summed E-state index contributed by atoms with van der Waals surface area (Å²) in [5.74, 6) is -0.229. The molecule has 1 atom stereocenters. The van der Waals surface area contributed by atoms with Gasteiger partial charge in [-0.2, -0.15) is 0 Å². The zero-order valence-electron chi connectivity index (χ0n) is 11.1. The molecule has 2 aromatic carbocycles. The molecule has 0 heterocycles. The molecule has 6 heteroatoms. The summed E-state index contributed by atoms with van der Waals surface area (Å²) in [6.45, 7) is 0. The quantitative estimate of drug-likeness (QED) is 0.857. The highest BCUT2D eigenvalue weighted by atomic mass is 79.9. The summed E-state index contributed by atoms with van der Waals surface area (Å²) in [6.07, 6.45) is -4.69. The van der Waals surface area contributed by atoms with Crippen molar-refractivity contribution in [3.05, 3.63) is 64.1 Å². The second-order valence-electron chi connectivity index (χ2n) is 4.36. The molecule has 0 saturated heterocycles. The van der Waals surface area contributed by atoms with E-state index in [1.165, 1.54) is 18.2 Å². The van der Waals surface area contributed by atoms with Crippen molar-refractivity contribution in [3.8, 4) is 5.75 Å². The van der Waals surface area contributed by atoms with Gasteiger partial charge < -0.3 is 10.1 Å². The molecule has 0 radical (unpaired) electrons. The smallest absolute Gasteiger partial charge is 0.406 e. The summed E-state index contributed by atoms with van der Waals surface area (Å²) in [5, 5.41) is 3.10. The SMILES string of the molecule is CNC(c1cccc(OC(F)(F)F)c1)c1ccccc1Br. The molecule has 0 saturated carbocycles. The molecule has 0 aliphatic carbocycles. The fourth-order valence-corrected chi connectivity index (χ4v) is 2.62. The van der Waals surface area contributed by atoms with Crippen molar-refractivity contribution in [2.75, 3.05) is 7.05 Å². The number of rotatable bonds is 4. The predicted molar refractivity (Wildman–Crippen MR) is 78.2 cm³/mol. The molecule has 112 valence electrons. The average molecular weight is 360 g/mol. The molecular weight excluding hydrogens is 347 g/mol. The molecule has 1 N–H and O–H groups in total. The topological polar surface area (TPSA) is 21.3 Å². The Morgan fingerprint density at radius 3 is 2.43 bits per heavy atom. The van der Waals surface area contributed by atoms with E-state index >= 15 is 0 Å². The number of alkyl halides is 3. The van der Waals surface area contributed by atoms with E-state index in [0.29, 0.717) is 5.56 Å². The van der Waals surface area contributed by atoms with Crippen molar-refractivity contribution in [1.29, 1.82) is 0 Å². The van der Waals surface area contributed by atoms with Crippen LogP contribution in [-0.2, 0) is 0 Å². The lowest BCUT2D eigenvalue weighted by Gasteiger charge is -2.19.